The van der Waals surface area contributed by atoms with Crippen molar-refractivity contribution in [2.75, 3.05) is 45.2 Å². The minimum atomic E-state index is -0.0554. The van der Waals surface area contributed by atoms with Gasteiger partial charge in [-0.05, 0) is 45.6 Å². The molecule has 2 heterocycles. The van der Waals surface area contributed by atoms with Gasteiger partial charge in [0.2, 0.25) is 0 Å². The fourth-order valence-corrected chi connectivity index (χ4v) is 4.53. The number of benzene rings is 1. The van der Waals surface area contributed by atoms with E-state index in [2.05, 4.69) is 23.2 Å². The Kier molecular flexibility index (Phi) is 11.2. The van der Waals surface area contributed by atoms with E-state index in [0.29, 0.717) is 24.7 Å². The van der Waals surface area contributed by atoms with Crippen LogP contribution in [0, 0.1) is 0 Å². The van der Waals surface area contributed by atoms with Crippen LogP contribution in [0.4, 0.5) is 9.80 Å². The Bertz CT molecular complexity index is 870. The highest BCUT2D eigenvalue weighted by Gasteiger charge is 2.27. The largest absolute Gasteiger partial charge is 0.338 e. The average molecular weight is 492 g/mol. The standard InChI is InChI=1S/C21H27ClN4OS.2ClH/c1-4-15-14-17-19(16-8-5-6-9-18(16)22)23-11-13-26(20(17)28-15)21(27)24-10-7-12-25(2)3;;/h5-6,8-9,14H,4,7,10-13H2,1-3H3,(H,24,27);2*1H. The summed E-state index contributed by atoms with van der Waals surface area (Å²) in [6.45, 7) is 4.85. The second kappa shape index (κ2) is 12.5. The summed E-state index contributed by atoms with van der Waals surface area (Å²) < 4.78 is 0. The number of urea groups is 1. The second-order valence-electron chi connectivity index (χ2n) is 7.04. The monoisotopic (exact) mass is 490 g/mol. The number of amides is 2. The minimum absolute atomic E-state index is 0. The molecule has 0 saturated carbocycles. The summed E-state index contributed by atoms with van der Waals surface area (Å²) in [5.41, 5.74) is 2.79. The van der Waals surface area contributed by atoms with Crippen LogP contribution in [-0.2, 0) is 6.42 Å². The van der Waals surface area contributed by atoms with Gasteiger partial charge in [0.05, 0.1) is 12.3 Å². The van der Waals surface area contributed by atoms with Crippen LogP contribution in [0.15, 0.2) is 35.3 Å². The summed E-state index contributed by atoms with van der Waals surface area (Å²) in [4.78, 5) is 22.9. The first kappa shape index (κ1) is 26.7. The molecule has 1 aliphatic heterocycles. The van der Waals surface area contributed by atoms with E-state index in [1.807, 2.05) is 43.3 Å². The highest BCUT2D eigenvalue weighted by atomic mass is 35.5. The number of thiophene rings is 1. The lowest BCUT2D eigenvalue weighted by Crippen LogP contribution is -2.41. The number of rotatable bonds is 6. The van der Waals surface area contributed by atoms with Crippen molar-refractivity contribution in [2.45, 2.75) is 19.8 Å². The average Bonchev–Trinajstić information content (AvgIpc) is 3.02. The van der Waals surface area contributed by atoms with Gasteiger partial charge in [0.1, 0.15) is 5.00 Å². The van der Waals surface area contributed by atoms with Crippen molar-refractivity contribution in [3.63, 3.8) is 0 Å². The first-order chi connectivity index (χ1) is 13.5. The van der Waals surface area contributed by atoms with Gasteiger partial charge in [-0.1, -0.05) is 36.7 Å². The van der Waals surface area contributed by atoms with E-state index in [1.54, 1.807) is 11.3 Å². The Morgan fingerprint density at radius 3 is 2.67 bits per heavy atom. The molecule has 9 heteroatoms. The first-order valence-electron chi connectivity index (χ1n) is 9.63. The van der Waals surface area contributed by atoms with Crippen molar-refractivity contribution < 1.29 is 4.79 Å². The summed E-state index contributed by atoms with van der Waals surface area (Å²) in [7, 11) is 4.07. The molecule has 1 aromatic heterocycles. The van der Waals surface area contributed by atoms with Gasteiger partial charge in [-0.2, -0.15) is 0 Å². The zero-order chi connectivity index (χ0) is 20.1. The number of halogens is 3. The predicted molar refractivity (Wildman–Crippen MR) is 134 cm³/mol. The maximum absolute atomic E-state index is 12.9. The van der Waals surface area contributed by atoms with E-state index in [9.17, 15) is 4.79 Å². The number of carbonyl (C=O) groups is 1. The summed E-state index contributed by atoms with van der Waals surface area (Å²) in [5.74, 6) is 0. The van der Waals surface area contributed by atoms with Gasteiger partial charge in [0.15, 0.2) is 0 Å². The number of nitrogens with one attached hydrogen (secondary N) is 1. The molecule has 3 rings (SSSR count). The quantitative estimate of drug-likeness (QED) is 0.570. The zero-order valence-electron chi connectivity index (χ0n) is 17.5. The van der Waals surface area contributed by atoms with Crippen molar-refractivity contribution in [3.05, 3.63) is 51.4 Å². The van der Waals surface area contributed by atoms with Gasteiger partial charge in [0.25, 0.3) is 0 Å². The molecule has 1 aliphatic rings. The molecular weight excluding hydrogens is 463 g/mol. The lowest BCUT2D eigenvalue weighted by Gasteiger charge is -2.21. The third-order valence-electron chi connectivity index (χ3n) is 4.64. The van der Waals surface area contributed by atoms with Gasteiger partial charge >= 0.3 is 6.03 Å². The van der Waals surface area contributed by atoms with Crippen LogP contribution < -0.4 is 10.2 Å². The Hall–Kier alpha value is -1.31. The molecule has 5 nitrogen and oxygen atoms in total. The molecule has 30 heavy (non-hydrogen) atoms. The molecule has 0 unspecified atom stereocenters. The molecular formula is C21H29Cl3N4OS. The molecule has 0 radical (unpaired) electrons. The highest BCUT2D eigenvalue weighted by molar-refractivity contribution is 7.16. The highest BCUT2D eigenvalue weighted by Crippen LogP contribution is 2.36. The van der Waals surface area contributed by atoms with E-state index in [1.165, 1.54) is 4.88 Å². The van der Waals surface area contributed by atoms with E-state index >= 15 is 0 Å². The predicted octanol–water partition coefficient (Wildman–Crippen LogP) is 5.13. The number of anilines is 1. The topological polar surface area (TPSA) is 47.9 Å². The van der Waals surface area contributed by atoms with Crippen molar-refractivity contribution in [1.29, 1.82) is 0 Å². The van der Waals surface area contributed by atoms with Crippen molar-refractivity contribution in [3.8, 4) is 0 Å². The summed E-state index contributed by atoms with van der Waals surface area (Å²) in [6.07, 6.45) is 1.84. The molecule has 2 amide bonds. The van der Waals surface area contributed by atoms with Crippen LogP contribution in [0.3, 0.4) is 0 Å². The van der Waals surface area contributed by atoms with Gasteiger partial charge in [0, 0.05) is 34.1 Å². The van der Waals surface area contributed by atoms with Crippen LogP contribution >= 0.6 is 47.8 Å². The molecule has 0 bridgehead atoms. The normalized spacial score (nSPS) is 13.0. The Morgan fingerprint density at radius 1 is 1.27 bits per heavy atom. The number of hydrogen-bond donors (Lipinski definition) is 1. The maximum Gasteiger partial charge on any atom is 0.322 e. The molecule has 2 aromatic rings. The van der Waals surface area contributed by atoms with Crippen molar-refractivity contribution in [2.24, 2.45) is 4.99 Å². The molecule has 0 fully saturated rings. The van der Waals surface area contributed by atoms with Crippen LogP contribution in [0.2, 0.25) is 5.02 Å². The lowest BCUT2D eigenvalue weighted by molar-refractivity contribution is 0.246. The van der Waals surface area contributed by atoms with E-state index in [4.69, 9.17) is 16.6 Å². The Balaban J connectivity index is 0.00000225. The summed E-state index contributed by atoms with van der Waals surface area (Å²) in [6, 6.07) is 9.86. The van der Waals surface area contributed by atoms with Crippen molar-refractivity contribution in [1.82, 2.24) is 10.2 Å². The second-order valence-corrected chi connectivity index (χ2v) is 8.56. The number of carbonyl (C=O) groups excluding carboxylic acids is 1. The van der Waals surface area contributed by atoms with E-state index in [0.717, 1.165) is 41.2 Å². The third-order valence-corrected chi connectivity index (χ3v) is 6.27. The van der Waals surface area contributed by atoms with Gasteiger partial charge in [-0.15, -0.1) is 36.2 Å². The van der Waals surface area contributed by atoms with Gasteiger partial charge in [-0.25, -0.2) is 4.79 Å². The van der Waals surface area contributed by atoms with Crippen LogP contribution in [-0.4, -0.2) is 56.9 Å². The number of hydrogen-bond acceptors (Lipinski definition) is 4. The van der Waals surface area contributed by atoms with Gasteiger partial charge in [-0.3, -0.25) is 9.89 Å². The summed E-state index contributed by atoms with van der Waals surface area (Å²) in [5, 5.41) is 4.70. The molecule has 0 atom stereocenters. The van der Waals surface area contributed by atoms with Crippen LogP contribution in [0.1, 0.15) is 29.3 Å². The Labute approximate surface area is 200 Å². The first-order valence-corrected chi connectivity index (χ1v) is 10.8. The van der Waals surface area contributed by atoms with Crippen LogP contribution in [0.25, 0.3) is 0 Å². The fraction of sp³-hybridized carbons (Fsp3) is 0.429. The molecule has 0 aliphatic carbocycles. The summed E-state index contributed by atoms with van der Waals surface area (Å²) >= 11 is 8.12. The molecule has 0 saturated heterocycles. The van der Waals surface area contributed by atoms with E-state index in [-0.39, 0.29) is 30.8 Å². The number of aryl methyl sites for hydroxylation is 1. The number of fused-ring (bicyclic) bond motifs is 1. The van der Waals surface area contributed by atoms with Crippen molar-refractivity contribution >= 4 is 64.5 Å². The minimum Gasteiger partial charge on any atom is -0.338 e. The number of nitrogens with zero attached hydrogens (tertiary/aromatic N) is 3. The fourth-order valence-electron chi connectivity index (χ4n) is 3.19. The molecule has 0 spiro atoms. The van der Waals surface area contributed by atoms with Crippen LogP contribution in [0.5, 0.6) is 0 Å². The molecule has 1 aromatic carbocycles. The SMILES string of the molecule is CCc1cc2c(s1)N(C(=O)NCCCN(C)C)CCN=C2c1ccccc1Cl.Cl.Cl. The molecule has 1 N–H and O–H groups in total. The Morgan fingerprint density at radius 2 is 2.00 bits per heavy atom. The van der Waals surface area contributed by atoms with E-state index < -0.39 is 0 Å². The third kappa shape index (κ3) is 6.34. The molecule has 166 valence electrons. The number of aliphatic imine (C=N–C) groups is 1. The van der Waals surface area contributed by atoms with Gasteiger partial charge < -0.3 is 10.2 Å². The smallest absolute Gasteiger partial charge is 0.322 e. The zero-order valence-corrected chi connectivity index (χ0v) is 20.7. The lowest BCUT2D eigenvalue weighted by atomic mass is 10.0. The maximum atomic E-state index is 12.9.